The van der Waals surface area contributed by atoms with Crippen LogP contribution in [0.4, 0.5) is 0 Å². The second-order valence-electron chi connectivity index (χ2n) is 4.79. The van der Waals surface area contributed by atoms with Crippen LogP contribution < -0.4 is 11.1 Å². The van der Waals surface area contributed by atoms with Gasteiger partial charge in [-0.05, 0) is 33.0 Å². The Bertz CT molecular complexity index is 412. The highest BCUT2D eigenvalue weighted by atomic mass is 16.1. The van der Waals surface area contributed by atoms with Crippen molar-refractivity contribution >= 4 is 5.91 Å². The van der Waals surface area contributed by atoms with Crippen molar-refractivity contribution in [3.63, 3.8) is 0 Å². The molecule has 0 spiro atoms. The SMILES string of the molecule is CCN(CC)CCNC(=O)c1cnn(CCCN)c1C. The molecule has 1 amide bonds. The summed E-state index contributed by atoms with van der Waals surface area (Å²) in [5, 5.41) is 7.19. The maximum Gasteiger partial charge on any atom is 0.254 e. The number of nitrogens with one attached hydrogen (secondary N) is 1. The predicted octanol–water partition coefficient (Wildman–Crippen LogP) is 0.612. The third-order valence-corrected chi connectivity index (χ3v) is 3.53. The van der Waals surface area contributed by atoms with E-state index in [2.05, 4.69) is 29.2 Å². The van der Waals surface area contributed by atoms with Crippen molar-refractivity contribution in [1.29, 1.82) is 0 Å². The average Bonchev–Trinajstić information content (AvgIpc) is 2.82. The number of nitrogens with zero attached hydrogens (tertiary/aromatic N) is 3. The molecule has 0 saturated heterocycles. The minimum absolute atomic E-state index is 0.0475. The normalized spacial score (nSPS) is 11.1. The molecule has 0 bridgehead atoms. The van der Waals surface area contributed by atoms with Gasteiger partial charge in [0, 0.05) is 25.3 Å². The lowest BCUT2D eigenvalue weighted by molar-refractivity contribution is 0.0948. The van der Waals surface area contributed by atoms with Crippen LogP contribution in [0.2, 0.25) is 0 Å². The molecule has 0 aromatic carbocycles. The summed E-state index contributed by atoms with van der Waals surface area (Å²) in [6, 6.07) is 0. The van der Waals surface area contributed by atoms with E-state index in [9.17, 15) is 4.79 Å². The van der Waals surface area contributed by atoms with Crippen LogP contribution in [-0.2, 0) is 6.54 Å². The van der Waals surface area contributed by atoms with Crippen LogP contribution in [0.25, 0.3) is 0 Å². The first-order chi connectivity index (χ1) is 9.63. The summed E-state index contributed by atoms with van der Waals surface area (Å²) in [5.41, 5.74) is 7.04. The number of carbonyl (C=O) groups excluding carboxylic acids is 1. The fourth-order valence-electron chi connectivity index (χ4n) is 2.10. The summed E-state index contributed by atoms with van der Waals surface area (Å²) >= 11 is 0. The Hall–Kier alpha value is -1.40. The minimum atomic E-state index is -0.0475. The second kappa shape index (κ2) is 8.71. The molecule has 6 heteroatoms. The van der Waals surface area contributed by atoms with Crippen LogP contribution in [0, 0.1) is 6.92 Å². The van der Waals surface area contributed by atoms with Gasteiger partial charge in [-0.1, -0.05) is 13.8 Å². The van der Waals surface area contributed by atoms with E-state index in [1.165, 1.54) is 0 Å². The Morgan fingerprint density at radius 1 is 1.45 bits per heavy atom. The Balaban J connectivity index is 2.49. The summed E-state index contributed by atoms with van der Waals surface area (Å²) in [6.07, 6.45) is 2.50. The first-order valence-electron chi connectivity index (χ1n) is 7.37. The van der Waals surface area contributed by atoms with Gasteiger partial charge in [0.1, 0.15) is 0 Å². The van der Waals surface area contributed by atoms with Crippen LogP contribution >= 0.6 is 0 Å². The highest BCUT2D eigenvalue weighted by Crippen LogP contribution is 2.07. The average molecular weight is 281 g/mol. The standard InChI is InChI=1S/C14H27N5O/c1-4-18(5-2)10-8-16-14(20)13-11-17-19(12(13)3)9-6-7-15/h11H,4-10,15H2,1-3H3,(H,16,20). The van der Waals surface area contributed by atoms with Crippen molar-refractivity contribution in [2.45, 2.75) is 33.7 Å². The summed E-state index contributed by atoms with van der Waals surface area (Å²) in [5.74, 6) is -0.0475. The lowest BCUT2D eigenvalue weighted by Crippen LogP contribution is -2.34. The van der Waals surface area contributed by atoms with Crippen molar-refractivity contribution in [2.24, 2.45) is 5.73 Å². The molecule has 0 aliphatic rings. The molecule has 0 radical (unpaired) electrons. The molecule has 0 atom stereocenters. The van der Waals surface area contributed by atoms with Crippen LogP contribution in [0.5, 0.6) is 0 Å². The van der Waals surface area contributed by atoms with Gasteiger partial charge in [-0.25, -0.2) is 0 Å². The second-order valence-corrected chi connectivity index (χ2v) is 4.79. The summed E-state index contributed by atoms with van der Waals surface area (Å²) in [4.78, 5) is 14.4. The van der Waals surface area contributed by atoms with Crippen LogP contribution in [0.1, 0.15) is 36.3 Å². The first-order valence-corrected chi connectivity index (χ1v) is 7.37. The van der Waals surface area contributed by atoms with E-state index < -0.39 is 0 Å². The topological polar surface area (TPSA) is 76.2 Å². The molecule has 0 aliphatic carbocycles. The van der Waals surface area contributed by atoms with Crippen molar-refractivity contribution < 1.29 is 4.79 Å². The lowest BCUT2D eigenvalue weighted by Gasteiger charge is -2.17. The van der Waals surface area contributed by atoms with Crippen molar-refractivity contribution in [3.8, 4) is 0 Å². The molecule has 6 nitrogen and oxygen atoms in total. The zero-order valence-corrected chi connectivity index (χ0v) is 12.9. The quantitative estimate of drug-likeness (QED) is 0.695. The number of nitrogens with two attached hydrogens (primary N) is 1. The third-order valence-electron chi connectivity index (χ3n) is 3.53. The number of aromatic nitrogens is 2. The number of rotatable bonds is 9. The first kappa shape index (κ1) is 16.7. The van der Waals surface area contributed by atoms with E-state index in [1.807, 2.05) is 11.6 Å². The molecule has 114 valence electrons. The highest BCUT2D eigenvalue weighted by molar-refractivity contribution is 5.95. The molecule has 1 heterocycles. The summed E-state index contributed by atoms with van der Waals surface area (Å²) in [7, 11) is 0. The molecular formula is C14H27N5O. The van der Waals surface area contributed by atoms with Gasteiger partial charge in [0.2, 0.25) is 0 Å². The number of hydrogen-bond donors (Lipinski definition) is 2. The lowest BCUT2D eigenvalue weighted by atomic mass is 10.2. The number of amides is 1. The minimum Gasteiger partial charge on any atom is -0.351 e. The molecule has 1 rings (SSSR count). The number of aryl methyl sites for hydroxylation is 1. The van der Waals surface area contributed by atoms with Crippen molar-refractivity contribution in [2.75, 3.05) is 32.7 Å². The number of likely N-dealkylation sites (N-methyl/N-ethyl adjacent to an activating group) is 1. The molecule has 0 unspecified atom stereocenters. The van der Waals surface area contributed by atoms with E-state index in [4.69, 9.17) is 5.73 Å². The predicted molar refractivity (Wildman–Crippen MR) is 80.8 cm³/mol. The maximum atomic E-state index is 12.1. The van der Waals surface area contributed by atoms with Gasteiger partial charge >= 0.3 is 0 Å². The zero-order chi connectivity index (χ0) is 15.0. The van der Waals surface area contributed by atoms with Gasteiger partial charge in [0.25, 0.3) is 5.91 Å². The molecule has 1 aromatic rings. The Morgan fingerprint density at radius 2 is 2.15 bits per heavy atom. The number of hydrogen-bond acceptors (Lipinski definition) is 4. The smallest absolute Gasteiger partial charge is 0.254 e. The van der Waals surface area contributed by atoms with E-state index >= 15 is 0 Å². The van der Waals surface area contributed by atoms with Gasteiger partial charge in [0.05, 0.1) is 11.8 Å². The van der Waals surface area contributed by atoms with Crippen LogP contribution in [0.3, 0.4) is 0 Å². The van der Waals surface area contributed by atoms with Gasteiger partial charge in [0.15, 0.2) is 0 Å². The molecule has 0 fully saturated rings. The fraction of sp³-hybridized carbons (Fsp3) is 0.714. The van der Waals surface area contributed by atoms with Gasteiger partial charge in [-0.3, -0.25) is 9.48 Å². The largest absolute Gasteiger partial charge is 0.351 e. The van der Waals surface area contributed by atoms with E-state index in [0.29, 0.717) is 18.7 Å². The Labute approximate surface area is 121 Å². The van der Waals surface area contributed by atoms with Gasteiger partial charge in [-0.2, -0.15) is 5.10 Å². The highest BCUT2D eigenvalue weighted by Gasteiger charge is 2.13. The Kier molecular flexibility index (Phi) is 7.25. The van der Waals surface area contributed by atoms with Crippen molar-refractivity contribution in [3.05, 3.63) is 17.5 Å². The molecule has 20 heavy (non-hydrogen) atoms. The maximum absolute atomic E-state index is 12.1. The molecule has 1 aromatic heterocycles. The monoisotopic (exact) mass is 281 g/mol. The third kappa shape index (κ3) is 4.61. The van der Waals surface area contributed by atoms with Gasteiger partial charge in [-0.15, -0.1) is 0 Å². The zero-order valence-electron chi connectivity index (χ0n) is 12.9. The van der Waals surface area contributed by atoms with E-state index in [1.54, 1.807) is 6.20 Å². The molecule has 0 saturated carbocycles. The van der Waals surface area contributed by atoms with Crippen molar-refractivity contribution in [1.82, 2.24) is 20.0 Å². The molecular weight excluding hydrogens is 254 g/mol. The van der Waals surface area contributed by atoms with Crippen LogP contribution in [0.15, 0.2) is 6.20 Å². The van der Waals surface area contributed by atoms with Crippen LogP contribution in [-0.4, -0.2) is 53.3 Å². The summed E-state index contributed by atoms with van der Waals surface area (Å²) in [6.45, 7) is 11.1. The molecule has 3 N–H and O–H groups in total. The molecule has 0 aliphatic heterocycles. The van der Waals surface area contributed by atoms with E-state index in [-0.39, 0.29) is 5.91 Å². The Morgan fingerprint density at radius 3 is 2.75 bits per heavy atom. The fourth-order valence-corrected chi connectivity index (χ4v) is 2.10. The number of carbonyl (C=O) groups is 1. The van der Waals surface area contributed by atoms with Gasteiger partial charge < -0.3 is 16.0 Å². The van der Waals surface area contributed by atoms with E-state index in [0.717, 1.165) is 38.3 Å². The summed E-state index contributed by atoms with van der Waals surface area (Å²) < 4.78 is 1.84.